The first-order chi connectivity index (χ1) is 18.6. The van der Waals surface area contributed by atoms with Crippen LogP contribution >= 0.6 is 0 Å². The Hall–Kier alpha value is -4.10. The van der Waals surface area contributed by atoms with E-state index in [1.54, 1.807) is 25.4 Å². The molecule has 1 atom stereocenters. The minimum atomic E-state index is -3.35. The van der Waals surface area contributed by atoms with Gasteiger partial charge in [0.25, 0.3) is 5.91 Å². The van der Waals surface area contributed by atoms with Gasteiger partial charge in [0.05, 0.1) is 10.4 Å². The molecule has 0 aliphatic heterocycles. The number of carbonyl (C=O) groups excluding carboxylic acids is 1. The molecule has 0 aliphatic carbocycles. The van der Waals surface area contributed by atoms with E-state index >= 15 is 0 Å². The van der Waals surface area contributed by atoms with Crippen LogP contribution < -0.4 is 5.32 Å². The lowest BCUT2D eigenvalue weighted by Gasteiger charge is -2.14. The molecule has 1 N–H and O–H groups in total. The summed E-state index contributed by atoms with van der Waals surface area (Å²) >= 11 is 0. The molecule has 7 heteroatoms. The Kier molecular flexibility index (Phi) is 8.41. The van der Waals surface area contributed by atoms with Crippen LogP contribution in [0, 0.1) is 0 Å². The molecule has 0 aliphatic rings. The summed E-state index contributed by atoms with van der Waals surface area (Å²) in [6.45, 7) is 5.92. The van der Waals surface area contributed by atoms with Crippen LogP contribution in [0.5, 0.6) is 0 Å². The highest BCUT2D eigenvalue weighted by atomic mass is 32.2. The Bertz CT molecular complexity index is 1670. The van der Waals surface area contributed by atoms with Gasteiger partial charge < -0.3 is 10.3 Å². The third kappa shape index (κ3) is 6.67. The topological polar surface area (TPSA) is 88.5 Å². The highest BCUT2D eigenvalue weighted by Gasteiger charge is 2.16. The quantitative estimate of drug-likeness (QED) is 0.165. The molecule has 39 heavy (non-hydrogen) atoms. The molecular weight excluding hydrogens is 506 g/mol. The van der Waals surface area contributed by atoms with Gasteiger partial charge in [0.2, 0.25) is 0 Å². The highest BCUT2D eigenvalue weighted by Crippen LogP contribution is 2.32. The van der Waals surface area contributed by atoms with E-state index in [2.05, 4.69) is 40.4 Å². The number of aromatic nitrogens is 1. The molecule has 0 saturated heterocycles. The number of nitrogens with one attached hydrogen (secondary N) is 1. The fourth-order valence-corrected chi connectivity index (χ4v) is 5.10. The first kappa shape index (κ1) is 27.9. The lowest BCUT2D eigenvalue weighted by molar-refractivity contribution is -0.116. The number of pyridine rings is 1. The van der Waals surface area contributed by atoms with E-state index in [1.807, 2.05) is 56.5 Å². The molecular formula is C32H33N3O3S. The van der Waals surface area contributed by atoms with E-state index in [4.69, 9.17) is 0 Å². The second kappa shape index (κ2) is 11.7. The van der Waals surface area contributed by atoms with Gasteiger partial charge in [-0.3, -0.25) is 9.78 Å². The van der Waals surface area contributed by atoms with Gasteiger partial charge >= 0.3 is 0 Å². The van der Waals surface area contributed by atoms with E-state index in [0.29, 0.717) is 11.1 Å². The van der Waals surface area contributed by atoms with Crippen molar-refractivity contribution in [3.05, 3.63) is 95.7 Å². The van der Waals surface area contributed by atoms with E-state index in [-0.39, 0.29) is 22.8 Å². The lowest BCUT2D eigenvalue weighted by Crippen LogP contribution is -2.30. The summed E-state index contributed by atoms with van der Waals surface area (Å²) in [4.78, 5) is 22.3. The fraction of sp³-hybridized carbons (Fsp3) is 0.219. The first-order valence-corrected chi connectivity index (χ1v) is 14.7. The molecule has 6 nitrogen and oxygen atoms in total. The lowest BCUT2D eigenvalue weighted by atomic mass is 9.92. The minimum absolute atomic E-state index is 0.0589. The molecule has 1 unspecified atom stereocenters. The monoisotopic (exact) mass is 539 g/mol. The van der Waals surface area contributed by atoms with Gasteiger partial charge in [-0.1, -0.05) is 43.3 Å². The zero-order valence-corrected chi connectivity index (χ0v) is 23.7. The van der Waals surface area contributed by atoms with Crippen molar-refractivity contribution in [2.75, 3.05) is 13.3 Å². The van der Waals surface area contributed by atoms with Crippen molar-refractivity contribution >= 4 is 44.5 Å². The third-order valence-corrected chi connectivity index (χ3v) is 7.52. The summed E-state index contributed by atoms with van der Waals surface area (Å²) in [6, 6.07) is 22.6. The zero-order valence-electron chi connectivity index (χ0n) is 22.8. The normalized spacial score (nSPS) is 13.2. The minimum Gasteiger partial charge on any atom is -0.350 e. The third-order valence-electron chi connectivity index (χ3n) is 6.39. The number of aliphatic imine (C=N–C) groups is 1. The number of carbonyl (C=O) groups is 1. The molecule has 3 aromatic carbocycles. The standard InChI is InChI=1S/C32H33N3O3S/c1-21(2)35-32(36)30(24-11-13-28(14-12-24)39(5,37)38)17-23-8-6-9-25(16-23)29-19-27(22(3)20-33-4)18-26-10-7-15-34-31(26)29/h6-22H,1-5H3,(H,35,36)/b30-17+,33-20?. The first-order valence-electron chi connectivity index (χ1n) is 12.8. The SMILES string of the molecule is CN=CC(C)c1cc(-c2cccc(/C=C(/C(=O)NC(C)C)c3ccc(S(C)(=O)=O)cc3)c2)c2ncccc2c1. The molecule has 0 saturated carbocycles. The molecule has 0 spiro atoms. The van der Waals surface area contributed by atoms with E-state index in [1.165, 1.54) is 18.4 Å². The van der Waals surface area contributed by atoms with Crippen molar-refractivity contribution in [2.45, 2.75) is 37.6 Å². The number of nitrogens with zero attached hydrogens (tertiary/aromatic N) is 2. The molecule has 1 heterocycles. The maximum absolute atomic E-state index is 13.2. The summed E-state index contributed by atoms with van der Waals surface area (Å²) in [5.74, 6) is -0.0908. The van der Waals surface area contributed by atoms with E-state index < -0.39 is 9.84 Å². The number of benzene rings is 3. The Morgan fingerprint density at radius 2 is 1.72 bits per heavy atom. The van der Waals surface area contributed by atoms with Crippen molar-refractivity contribution in [3.8, 4) is 11.1 Å². The Labute approximate surface area is 230 Å². The molecule has 1 amide bonds. The van der Waals surface area contributed by atoms with Gasteiger partial charge in [-0.15, -0.1) is 0 Å². The Morgan fingerprint density at radius 1 is 0.974 bits per heavy atom. The van der Waals surface area contributed by atoms with Crippen molar-refractivity contribution in [3.63, 3.8) is 0 Å². The second-order valence-corrected chi connectivity index (χ2v) is 12.0. The average Bonchev–Trinajstić information content (AvgIpc) is 2.90. The molecule has 200 valence electrons. The van der Waals surface area contributed by atoms with Crippen LogP contribution in [-0.4, -0.2) is 44.9 Å². The van der Waals surface area contributed by atoms with Crippen LogP contribution in [0.2, 0.25) is 0 Å². The summed E-state index contributed by atoms with van der Waals surface area (Å²) in [7, 11) is -1.57. The van der Waals surface area contributed by atoms with Gasteiger partial charge in [0.1, 0.15) is 0 Å². The van der Waals surface area contributed by atoms with Crippen molar-refractivity contribution in [1.29, 1.82) is 0 Å². The zero-order chi connectivity index (χ0) is 28.2. The van der Waals surface area contributed by atoms with Crippen molar-refractivity contribution in [2.24, 2.45) is 4.99 Å². The predicted molar refractivity (Wildman–Crippen MR) is 161 cm³/mol. The Morgan fingerprint density at radius 3 is 2.38 bits per heavy atom. The van der Waals surface area contributed by atoms with Crippen LogP contribution in [0.3, 0.4) is 0 Å². The molecule has 1 aromatic heterocycles. The average molecular weight is 540 g/mol. The number of sulfone groups is 1. The van der Waals surface area contributed by atoms with Gasteiger partial charge in [-0.2, -0.15) is 0 Å². The van der Waals surface area contributed by atoms with E-state index in [9.17, 15) is 13.2 Å². The highest BCUT2D eigenvalue weighted by molar-refractivity contribution is 7.90. The van der Waals surface area contributed by atoms with Gasteiger partial charge in [-0.05, 0) is 78.6 Å². The van der Waals surface area contributed by atoms with E-state index in [0.717, 1.165) is 33.2 Å². The van der Waals surface area contributed by atoms with Crippen LogP contribution in [0.1, 0.15) is 43.4 Å². The van der Waals surface area contributed by atoms with Crippen LogP contribution in [0.15, 0.2) is 88.9 Å². The van der Waals surface area contributed by atoms with Crippen LogP contribution in [-0.2, 0) is 14.6 Å². The maximum Gasteiger partial charge on any atom is 0.252 e. The van der Waals surface area contributed by atoms with Gasteiger partial charge in [0, 0.05) is 54.2 Å². The van der Waals surface area contributed by atoms with Gasteiger partial charge in [0.15, 0.2) is 9.84 Å². The molecule has 0 radical (unpaired) electrons. The maximum atomic E-state index is 13.2. The number of amides is 1. The second-order valence-electron chi connectivity index (χ2n) is 9.95. The van der Waals surface area contributed by atoms with Crippen LogP contribution in [0.4, 0.5) is 0 Å². The number of hydrogen-bond donors (Lipinski definition) is 1. The van der Waals surface area contributed by atoms with Gasteiger partial charge in [-0.25, -0.2) is 8.42 Å². The number of rotatable bonds is 8. The molecule has 0 bridgehead atoms. The van der Waals surface area contributed by atoms with Crippen LogP contribution in [0.25, 0.3) is 33.7 Å². The molecule has 4 rings (SSSR count). The summed E-state index contributed by atoms with van der Waals surface area (Å²) < 4.78 is 23.9. The molecule has 4 aromatic rings. The van der Waals surface area contributed by atoms with Crippen molar-refractivity contribution in [1.82, 2.24) is 10.3 Å². The predicted octanol–water partition coefficient (Wildman–Crippen LogP) is 6.17. The Balaban J connectivity index is 1.84. The van der Waals surface area contributed by atoms with Crippen molar-refractivity contribution < 1.29 is 13.2 Å². The fourth-order valence-electron chi connectivity index (χ4n) is 4.47. The molecule has 0 fully saturated rings. The largest absolute Gasteiger partial charge is 0.350 e. The summed E-state index contributed by atoms with van der Waals surface area (Å²) in [6.07, 6.45) is 6.72. The summed E-state index contributed by atoms with van der Waals surface area (Å²) in [5.41, 5.74) is 5.94. The summed E-state index contributed by atoms with van der Waals surface area (Å²) in [5, 5.41) is 4.01. The number of fused-ring (bicyclic) bond motifs is 1. The number of hydrogen-bond acceptors (Lipinski definition) is 5. The smallest absolute Gasteiger partial charge is 0.252 e.